The molecule has 6 nitrogen and oxygen atoms in total. The molecule has 1 fully saturated rings. The lowest BCUT2D eigenvalue weighted by Crippen LogP contribution is -2.23. The van der Waals surface area contributed by atoms with Crippen LogP contribution in [0.15, 0.2) is 65.2 Å². The van der Waals surface area contributed by atoms with Crippen LogP contribution < -0.4 is 10.6 Å². The summed E-state index contributed by atoms with van der Waals surface area (Å²) in [6.07, 6.45) is 3.56. The number of oxazole rings is 1. The predicted octanol–water partition coefficient (Wildman–Crippen LogP) is 3.62. The lowest BCUT2D eigenvalue weighted by molar-refractivity contribution is -0.117. The maximum Gasteiger partial charge on any atom is 0.251 e. The average molecular weight is 361 g/mol. The number of carbonyl (C=O) groups excluding carboxylic acids is 2. The van der Waals surface area contributed by atoms with Crippen molar-refractivity contribution in [2.45, 2.75) is 19.4 Å². The van der Waals surface area contributed by atoms with Gasteiger partial charge in [0.05, 0.1) is 12.7 Å². The van der Waals surface area contributed by atoms with Crippen molar-refractivity contribution in [3.05, 3.63) is 72.2 Å². The van der Waals surface area contributed by atoms with Gasteiger partial charge in [0.15, 0.2) is 5.76 Å². The molecule has 0 atom stereocenters. The van der Waals surface area contributed by atoms with Crippen molar-refractivity contribution >= 4 is 17.5 Å². The number of benzene rings is 2. The van der Waals surface area contributed by atoms with Crippen LogP contribution in [-0.2, 0) is 11.3 Å². The second kappa shape index (κ2) is 7.45. The summed E-state index contributed by atoms with van der Waals surface area (Å²) < 4.78 is 5.67. The third-order valence-electron chi connectivity index (χ3n) is 4.37. The number of nitrogens with one attached hydrogen (secondary N) is 2. The number of nitrogens with zero attached hydrogens (tertiary/aromatic N) is 1. The van der Waals surface area contributed by atoms with Gasteiger partial charge in [0, 0.05) is 22.7 Å². The number of hydrogen-bond donors (Lipinski definition) is 2. The van der Waals surface area contributed by atoms with Gasteiger partial charge in [0.1, 0.15) is 0 Å². The number of carbonyl (C=O) groups is 2. The summed E-state index contributed by atoms with van der Waals surface area (Å²) in [4.78, 5) is 28.2. The van der Waals surface area contributed by atoms with Crippen LogP contribution in [0.3, 0.4) is 0 Å². The normalized spacial score (nSPS) is 13.2. The van der Waals surface area contributed by atoms with Gasteiger partial charge in [0.25, 0.3) is 5.91 Å². The second-order valence-electron chi connectivity index (χ2n) is 6.51. The van der Waals surface area contributed by atoms with Crippen LogP contribution >= 0.6 is 0 Å². The van der Waals surface area contributed by atoms with E-state index >= 15 is 0 Å². The minimum Gasteiger partial charge on any atom is -0.439 e. The molecular formula is C21H19N3O3. The van der Waals surface area contributed by atoms with E-state index in [2.05, 4.69) is 15.6 Å². The fourth-order valence-corrected chi connectivity index (χ4v) is 2.68. The number of hydrogen-bond acceptors (Lipinski definition) is 4. The molecule has 1 aliphatic rings. The lowest BCUT2D eigenvalue weighted by Gasteiger charge is -2.06. The van der Waals surface area contributed by atoms with Crippen LogP contribution in [0.25, 0.3) is 11.3 Å². The Morgan fingerprint density at radius 2 is 1.78 bits per heavy atom. The molecule has 136 valence electrons. The fourth-order valence-electron chi connectivity index (χ4n) is 2.68. The summed E-state index contributed by atoms with van der Waals surface area (Å²) in [6.45, 7) is 0.200. The number of rotatable bonds is 6. The Labute approximate surface area is 156 Å². The largest absolute Gasteiger partial charge is 0.439 e. The van der Waals surface area contributed by atoms with E-state index in [4.69, 9.17) is 4.42 Å². The highest BCUT2D eigenvalue weighted by Crippen LogP contribution is 2.30. The van der Waals surface area contributed by atoms with Gasteiger partial charge in [-0.15, -0.1) is 0 Å². The molecule has 1 saturated carbocycles. The Morgan fingerprint density at radius 1 is 1.04 bits per heavy atom. The zero-order valence-corrected chi connectivity index (χ0v) is 14.6. The first-order valence-electron chi connectivity index (χ1n) is 8.88. The molecule has 0 unspecified atom stereocenters. The summed E-state index contributed by atoms with van der Waals surface area (Å²) in [5.41, 5.74) is 2.14. The average Bonchev–Trinajstić information content (AvgIpc) is 3.46. The van der Waals surface area contributed by atoms with Crippen molar-refractivity contribution in [3.63, 3.8) is 0 Å². The first-order valence-corrected chi connectivity index (χ1v) is 8.88. The molecule has 2 N–H and O–H groups in total. The van der Waals surface area contributed by atoms with Gasteiger partial charge in [-0.3, -0.25) is 9.59 Å². The van der Waals surface area contributed by atoms with Gasteiger partial charge in [-0.25, -0.2) is 4.98 Å². The highest BCUT2D eigenvalue weighted by atomic mass is 16.4. The maximum absolute atomic E-state index is 12.3. The Kier molecular flexibility index (Phi) is 4.70. The standard InChI is InChI=1S/C21H19N3O3/c25-20(15-8-10-17(11-9-15)24-21(26)16-6-7-16)23-13-19-22-12-18(27-19)14-4-2-1-3-5-14/h1-5,8-12,16H,6-7,13H2,(H,23,25)(H,24,26). The first kappa shape index (κ1) is 17.0. The molecule has 0 bridgehead atoms. The van der Waals surface area contributed by atoms with Gasteiger partial charge >= 0.3 is 0 Å². The minimum atomic E-state index is -0.227. The Morgan fingerprint density at radius 3 is 2.48 bits per heavy atom. The summed E-state index contributed by atoms with van der Waals surface area (Å²) in [6, 6.07) is 16.5. The van der Waals surface area contributed by atoms with E-state index in [9.17, 15) is 9.59 Å². The smallest absolute Gasteiger partial charge is 0.251 e. The van der Waals surface area contributed by atoms with E-state index in [0.29, 0.717) is 22.9 Å². The Bertz CT molecular complexity index is 944. The number of anilines is 1. The van der Waals surface area contributed by atoms with Gasteiger partial charge in [-0.1, -0.05) is 30.3 Å². The molecule has 0 aliphatic heterocycles. The molecule has 27 heavy (non-hydrogen) atoms. The molecule has 0 saturated heterocycles. The van der Waals surface area contributed by atoms with Crippen LogP contribution in [0.4, 0.5) is 5.69 Å². The molecule has 0 spiro atoms. The van der Waals surface area contributed by atoms with Crippen LogP contribution in [0.5, 0.6) is 0 Å². The summed E-state index contributed by atoms with van der Waals surface area (Å²) in [5.74, 6) is 1.07. The predicted molar refractivity (Wildman–Crippen MR) is 101 cm³/mol. The van der Waals surface area contributed by atoms with Gasteiger partial charge in [-0.2, -0.15) is 0 Å². The second-order valence-corrected chi connectivity index (χ2v) is 6.51. The van der Waals surface area contributed by atoms with Crippen molar-refractivity contribution in [1.29, 1.82) is 0 Å². The van der Waals surface area contributed by atoms with Crippen molar-refractivity contribution in [1.82, 2.24) is 10.3 Å². The maximum atomic E-state index is 12.3. The molecule has 0 radical (unpaired) electrons. The lowest BCUT2D eigenvalue weighted by atomic mass is 10.2. The third kappa shape index (κ3) is 4.23. The molecule has 1 aliphatic carbocycles. The summed E-state index contributed by atoms with van der Waals surface area (Å²) >= 11 is 0. The summed E-state index contributed by atoms with van der Waals surface area (Å²) in [7, 11) is 0. The van der Waals surface area contributed by atoms with Crippen molar-refractivity contribution in [3.8, 4) is 11.3 Å². The fraction of sp³-hybridized carbons (Fsp3) is 0.190. The van der Waals surface area contributed by atoms with Crippen LogP contribution in [0, 0.1) is 5.92 Å². The van der Waals surface area contributed by atoms with E-state index in [1.165, 1.54) is 0 Å². The molecule has 3 aromatic rings. The van der Waals surface area contributed by atoms with E-state index in [-0.39, 0.29) is 24.3 Å². The zero-order valence-electron chi connectivity index (χ0n) is 14.6. The SMILES string of the molecule is O=C(NCc1ncc(-c2ccccc2)o1)c1ccc(NC(=O)C2CC2)cc1. The molecule has 2 aromatic carbocycles. The molecule has 1 heterocycles. The summed E-state index contributed by atoms with van der Waals surface area (Å²) in [5, 5.41) is 5.64. The topological polar surface area (TPSA) is 84.2 Å². The van der Waals surface area contributed by atoms with Crippen LogP contribution in [0.1, 0.15) is 29.1 Å². The van der Waals surface area contributed by atoms with E-state index in [0.717, 1.165) is 18.4 Å². The van der Waals surface area contributed by atoms with Gasteiger partial charge in [0.2, 0.25) is 11.8 Å². The third-order valence-corrected chi connectivity index (χ3v) is 4.37. The highest BCUT2D eigenvalue weighted by Gasteiger charge is 2.29. The molecule has 1 aromatic heterocycles. The number of aromatic nitrogens is 1. The zero-order chi connectivity index (χ0) is 18.6. The van der Waals surface area contributed by atoms with E-state index in [1.54, 1.807) is 30.5 Å². The quantitative estimate of drug-likeness (QED) is 0.702. The van der Waals surface area contributed by atoms with Gasteiger partial charge < -0.3 is 15.1 Å². The van der Waals surface area contributed by atoms with Crippen LogP contribution in [0.2, 0.25) is 0 Å². The van der Waals surface area contributed by atoms with Crippen molar-refractivity contribution in [2.75, 3.05) is 5.32 Å². The Hall–Kier alpha value is -3.41. The molecular weight excluding hydrogens is 342 g/mol. The highest BCUT2D eigenvalue weighted by molar-refractivity contribution is 5.96. The van der Waals surface area contributed by atoms with E-state index < -0.39 is 0 Å². The monoisotopic (exact) mass is 361 g/mol. The van der Waals surface area contributed by atoms with Gasteiger partial charge in [-0.05, 0) is 37.1 Å². The van der Waals surface area contributed by atoms with Crippen molar-refractivity contribution < 1.29 is 14.0 Å². The van der Waals surface area contributed by atoms with E-state index in [1.807, 2.05) is 30.3 Å². The molecule has 2 amide bonds. The van der Waals surface area contributed by atoms with Crippen LogP contribution in [-0.4, -0.2) is 16.8 Å². The number of amides is 2. The first-order chi connectivity index (χ1) is 13.2. The minimum absolute atomic E-state index is 0.0466. The molecule has 4 rings (SSSR count). The Balaban J connectivity index is 1.32. The van der Waals surface area contributed by atoms with Crippen molar-refractivity contribution in [2.24, 2.45) is 5.92 Å². The molecule has 6 heteroatoms.